The lowest BCUT2D eigenvalue weighted by atomic mass is 9.85. The Morgan fingerprint density at radius 2 is 1.75 bits per heavy atom. The topological polar surface area (TPSA) is 175 Å². The first-order chi connectivity index (χ1) is 18.7. The number of carboxylic acid groups (broad SMARTS) is 2. The van der Waals surface area contributed by atoms with Gasteiger partial charge >= 0.3 is 18.1 Å². The van der Waals surface area contributed by atoms with Crippen LogP contribution in [0.5, 0.6) is 0 Å². The number of aromatic nitrogens is 1. The van der Waals surface area contributed by atoms with Crippen molar-refractivity contribution >= 4 is 29.6 Å². The van der Waals surface area contributed by atoms with E-state index < -0.39 is 30.2 Å². The number of carbonyl (C=O) groups is 4. The molecule has 1 fully saturated rings. The maximum atomic E-state index is 13.1. The van der Waals surface area contributed by atoms with Crippen LogP contribution in [0.15, 0.2) is 42.5 Å². The maximum Gasteiger partial charge on any atom is 0.490 e. The van der Waals surface area contributed by atoms with Crippen LogP contribution in [0.1, 0.15) is 42.5 Å². The van der Waals surface area contributed by atoms with E-state index in [-0.39, 0.29) is 30.8 Å². The Bertz CT molecular complexity index is 1200. The van der Waals surface area contributed by atoms with Crippen LogP contribution in [-0.4, -0.2) is 75.2 Å². The Hall–Kier alpha value is -4.20. The summed E-state index contributed by atoms with van der Waals surface area (Å²) in [6, 6.07) is 12.0. The highest BCUT2D eigenvalue weighted by atomic mass is 19.4. The number of aryl methyl sites for hydroxylation is 1. The molecule has 218 valence electrons. The number of nitrogens with two attached hydrogens (primary N) is 1. The second-order valence-corrected chi connectivity index (χ2v) is 9.24. The van der Waals surface area contributed by atoms with Gasteiger partial charge in [-0.2, -0.15) is 13.2 Å². The second-order valence-electron chi connectivity index (χ2n) is 9.24. The number of nitrogen functional groups attached to an aromatic ring is 1. The molecule has 2 aromatic rings. The smallest absolute Gasteiger partial charge is 0.480 e. The predicted octanol–water partition coefficient (Wildman–Crippen LogP) is 2.06. The molecule has 0 radical (unpaired) electrons. The van der Waals surface area contributed by atoms with Crippen molar-refractivity contribution < 1.29 is 42.6 Å². The number of carboxylic acids is 2. The van der Waals surface area contributed by atoms with Gasteiger partial charge in [0.2, 0.25) is 11.8 Å². The standard InChI is InChI=1S/C24H31N5O4.C2HF3O2/c1-15-19(8-9-21(25)27-15)13-26-23(32)16(2)28-24(33)20-12-18(17-6-4-3-5-7-17)10-11-29(20)14-22(30)31;3-2(4,5)1(6)7/h3-9,16,18,20H,10-14H2,1-2H3,(H2,25,27)(H,26,32)(H,28,33)(H,30,31);(H,6,7)/t16-,18-,20+;/m0./s1. The molecule has 2 amide bonds. The summed E-state index contributed by atoms with van der Waals surface area (Å²) in [6.07, 6.45) is -3.82. The minimum Gasteiger partial charge on any atom is -0.480 e. The van der Waals surface area contributed by atoms with Crippen molar-refractivity contribution in [1.82, 2.24) is 20.5 Å². The van der Waals surface area contributed by atoms with Gasteiger partial charge in [-0.15, -0.1) is 0 Å². The molecule has 1 aromatic carbocycles. The van der Waals surface area contributed by atoms with Gasteiger partial charge in [0, 0.05) is 18.8 Å². The third-order valence-electron chi connectivity index (χ3n) is 6.29. The highest BCUT2D eigenvalue weighted by Gasteiger charge is 2.38. The van der Waals surface area contributed by atoms with E-state index in [0.29, 0.717) is 18.8 Å². The number of piperidine rings is 1. The summed E-state index contributed by atoms with van der Waals surface area (Å²) in [5.74, 6) is -3.85. The number of rotatable bonds is 8. The molecule has 11 nitrogen and oxygen atoms in total. The van der Waals surface area contributed by atoms with Crippen LogP contribution in [0.4, 0.5) is 19.0 Å². The number of anilines is 1. The Morgan fingerprint density at radius 3 is 2.30 bits per heavy atom. The van der Waals surface area contributed by atoms with Gasteiger partial charge in [0.05, 0.1) is 12.6 Å². The van der Waals surface area contributed by atoms with Crippen LogP contribution in [0.25, 0.3) is 0 Å². The van der Waals surface area contributed by atoms with E-state index in [0.717, 1.165) is 23.2 Å². The number of nitrogens with zero attached hydrogens (tertiary/aromatic N) is 2. The lowest BCUT2D eigenvalue weighted by Gasteiger charge is -2.38. The Morgan fingerprint density at radius 1 is 1.12 bits per heavy atom. The largest absolute Gasteiger partial charge is 0.490 e. The minimum atomic E-state index is -5.08. The first-order valence-corrected chi connectivity index (χ1v) is 12.3. The van der Waals surface area contributed by atoms with E-state index in [2.05, 4.69) is 15.6 Å². The number of carbonyl (C=O) groups excluding carboxylic acids is 2. The number of amides is 2. The van der Waals surface area contributed by atoms with E-state index in [1.807, 2.05) is 37.3 Å². The molecule has 40 heavy (non-hydrogen) atoms. The summed E-state index contributed by atoms with van der Waals surface area (Å²) < 4.78 is 31.7. The summed E-state index contributed by atoms with van der Waals surface area (Å²) in [6.45, 7) is 3.97. The number of likely N-dealkylation sites (tertiary alicyclic amines) is 1. The van der Waals surface area contributed by atoms with Gasteiger partial charge in [-0.05, 0) is 49.8 Å². The molecule has 0 bridgehead atoms. The zero-order valence-corrected chi connectivity index (χ0v) is 21.9. The number of alkyl halides is 3. The van der Waals surface area contributed by atoms with Crippen molar-refractivity contribution in [2.45, 2.75) is 57.4 Å². The molecule has 1 aliphatic heterocycles. The first kappa shape index (κ1) is 32.0. The van der Waals surface area contributed by atoms with Gasteiger partial charge in [0.15, 0.2) is 0 Å². The average molecular weight is 568 g/mol. The molecule has 6 N–H and O–H groups in total. The molecule has 14 heteroatoms. The highest BCUT2D eigenvalue weighted by molar-refractivity contribution is 5.90. The molecule has 0 aliphatic carbocycles. The SMILES string of the molecule is Cc1nc(N)ccc1CNC(=O)[C@H](C)NC(=O)[C@H]1C[C@@H](c2ccccc2)CCN1CC(=O)O.O=C(O)C(F)(F)F. The zero-order valence-electron chi connectivity index (χ0n) is 21.9. The summed E-state index contributed by atoms with van der Waals surface area (Å²) >= 11 is 0. The molecule has 3 atom stereocenters. The van der Waals surface area contributed by atoms with Crippen LogP contribution < -0.4 is 16.4 Å². The summed E-state index contributed by atoms with van der Waals surface area (Å²) in [5.41, 5.74) is 8.35. The Labute approximate surface area is 228 Å². The maximum absolute atomic E-state index is 13.1. The fourth-order valence-corrected chi connectivity index (χ4v) is 4.18. The molecule has 3 rings (SSSR count). The van der Waals surface area contributed by atoms with Gasteiger partial charge in [0.25, 0.3) is 0 Å². The molecule has 1 aromatic heterocycles. The number of hydrogen-bond donors (Lipinski definition) is 5. The minimum absolute atomic E-state index is 0.150. The van der Waals surface area contributed by atoms with E-state index in [9.17, 15) is 32.7 Å². The lowest BCUT2D eigenvalue weighted by Crippen LogP contribution is -2.55. The monoisotopic (exact) mass is 567 g/mol. The normalized spacial score (nSPS) is 18.0. The molecular weight excluding hydrogens is 535 g/mol. The van der Waals surface area contributed by atoms with Crippen LogP contribution in [-0.2, 0) is 25.7 Å². The van der Waals surface area contributed by atoms with Crippen LogP contribution in [0, 0.1) is 6.92 Å². The molecule has 1 aliphatic rings. The van der Waals surface area contributed by atoms with Gasteiger partial charge in [-0.3, -0.25) is 19.3 Å². The van der Waals surface area contributed by atoms with E-state index in [1.54, 1.807) is 24.0 Å². The quantitative estimate of drug-likeness (QED) is 0.320. The van der Waals surface area contributed by atoms with Crippen LogP contribution in [0.2, 0.25) is 0 Å². The third kappa shape index (κ3) is 9.84. The molecule has 1 saturated heterocycles. The van der Waals surface area contributed by atoms with Crippen molar-refractivity contribution in [3.8, 4) is 0 Å². The van der Waals surface area contributed by atoms with Crippen LogP contribution in [0.3, 0.4) is 0 Å². The van der Waals surface area contributed by atoms with Crippen molar-refractivity contribution in [1.29, 1.82) is 0 Å². The Kier molecular flexibility index (Phi) is 11.4. The fraction of sp³-hybridized carbons (Fsp3) is 0.423. The summed E-state index contributed by atoms with van der Waals surface area (Å²) in [4.78, 5) is 51.8. The second kappa shape index (κ2) is 14.3. The fourth-order valence-electron chi connectivity index (χ4n) is 4.18. The third-order valence-corrected chi connectivity index (χ3v) is 6.29. The zero-order chi connectivity index (χ0) is 30.0. The lowest BCUT2D eigenvalue weighted by molar-refractivity contribution is -0.192. The van der Waals surface area contributed by atoms with Crippen molar-refractivity contribution in [3.05, 3.63) is 59.3 Å². The number of benzene rings is 1. The van der Waals surface area contributed by atoms with Gasteiger partial charge < -0.3 is 26.6 Å². The van der Waals surface area contributed by atoms with Gasteiger partial charge in [0.1, 0.15) is 11.9 Å². The number of halogens is 3. The van der Waals surface area contributed by atoms with Crippen molar-refractivity contribution in [3.63, 3.8) is 0 Å². The van der Waals surface area contributed by atoms with E-state index >= 15 is 0 Å². The van der Waals surface area contributed by atoms with Gasteiger partial charge in [-0.1, -0.05) is 36.4 Å². The number of nitrogens with one attached hydrogen (secondary N) is 2. The Balaban J connectivity index is 0.000000708. The summed E-state index contributed by atoms with van der Waals surface area (Å²) in [7, 11) is 0. The number of aliphatic carboxylic acids is 2. The van der Waals surface area contributed by atoms with Crippen molar-refractivity contribution in [2.24, 2.45) is 0 Å². The van der Waals surface area contributed by atoms with Crippen molar-refractivity contribution in [2.75, 3.05) is 18.8 Å². The summed E-state index contributed by atoms with van der Waals surface area (Å²) in [5, 5.41) is 22.0. The molecule has 0 saturated carbocycles. The molecular formula is C26H32F3N5O6. The van der Waals surface area contributed by atoms with E-state index in [4.69, 9.17) is 15.6 Å². The first-order valence-electron chi connectivity index (χ1n) is 12.3. The predicted molar refractivity (Wildman–Crippen MR) is 138 cm³/mol. The number of hydrogen-bond acceptors (Lipinski definition) is 7. The molecule has 0 spiro atoms. The van der Waals surface area contributed by atoms with E-state index in [1.165, 1.54) is 0 Å². The number of pyridine rings is 1. The highest BCUT2D eigenvalue weighted by Crippen LogP contribution is 2.31. The van der Waals surface area contributed by atoms with Gasteiger partial charge in [-0.25, -0.2) is 9.78 Å². The van der Waals surface area contributed by atoms with Crippen LogP contribution >= 0.6 is 0 Å². The molecule has 0 unspecified atom stereocenters. The molecule has 2 heterocycles. The average Bonchev–Trinajstić information content (AvgIpc) is 2.88.